The monoisotopic (exact) mass is 273 g/mol. The quantitative estimate of drug-likeness (QED) is 0.634. The van der Waals surface area contributed by atoms with Gasteiger partial charge in [-0.05, 0) is 25.1 Å². The van der Waals surface area contributed by atoms with E-state index in [-0.39, 0.29) is 6.04 Å². The molecule has 0 amide bonds. The van der Waals surface area contributed by atoms with E-state index in [0.717, 1.165) is 17.9 Å². The molecule has 104 valence electrons. The zero-order chi connectivity index (χ0) is 14.1. The molecule has 0 aliphatic rings. The fourth-order valence-electron chi connectivity index (χ4n) is 2.18. The van der Waals surface area contributed by atoms with Gasteiger partial charge in [0.1, 0.15) is 5.76 Å². The van der Waals surface area contributed by atoms with Crippen molar-refractivity contribution in [2.75, 3.05) is 11.1 Å². The molecule has 2 heterocycles. The van der Waals surface area contributed by atoms with Gasteiger partial charge in [0.05, 0.1) is 23.2 Å². The molecular formula is C14H15N3O3. The number of hydrogen-bond donors (Lipinski definition) is 3. The van der Waals surface area contributed by atoms with Crippen LogP contribution in [0.25, 0.3) is 11.1 Å². The number of rotatable bonds is 4. The molecule has 0 saturated carbocycles. The predicted octanol–water partition coefficient (Wildman–Crippen LogP) is 2.34. The molecule has 2 aromatic heterocycles. The standard InChI is InChI=1S/C14H15N3O3/c1-8(5-9-3-2-4-19-9)16-11-7-12-13(6-10(11)15)20-14(18)17-12/h2-4,6-8,16H,5,15H2,1H3,(H,17,18). The van der Waals surface area contributed by atoms with Crippen LogP contribution in [0.2, 0.25) is 0 Å². The van der Waals surface area contributed by atoms with Gasteiger partial charge in [0, 0.05) is 18.5 Å². The average Bonchev–Trinajstić information content (AvgIpc) is 2.98. The van der Waals surface area contributed by atoms with Crippen molar-refractivity contribution in [2.24, 2.45) is 0 Å². The molecule has 4 N–H and O–H groups in total. The first-order valence-electron chi connectivity index (χ1n) is 6.33. The Morgan fingerprint density at radius 2 is 2.30 bits per heavy atom. The fourth-order valence-corrected chi connectivity index (χ4v) is 2.18. The Hall–Kier alpha value is -2.63. The van der Waals surface area contributed by atoms with Crippen molar-refractivity contribution < 1.29 is 8.83 Å². The number of nitrogens with two attached hydrogens (primary N) is 1. The topological polar surface area (TPSA) is 97.2 Å². The van der Waals surface area contributed by atoms with Crippen LogP contribution in [0.3, 0.4) is 0 Å². The van der Waals surface area contributed by atoms with Crippen molar-refractivity contribution in [3.63, 3.8) is 0 Å². The summed E-state index contributed by atoms with van der Waals surface area (Å²) in [5.74, 6) is 0.418. The van der Waals surface area contributed by atoms with Gasteiger partial charge in [-0.2, -0.15) is 0 Å². The van der Waals surface area contributed by atoms with Gasteiger partial charge in [0.2, 0.25) is 0 Å². The number of aromatic nitrogens is 1. The third kappa shape index (κ3) is 2.40. The van der Waals surface area contributed by atoms with Gasteiger partial charge in [-0.25, -0.2) is 4.79 Å². The highest BCUT2D eigenvalue weighted by Crippen LogP contribution is 2.25. The number of H-pyrrole nitrogens is 1. The van der Waals surface area contributed by atoms with Gasteiger partial charge >= 0.3 is 5.76 Å². The molecule has 0 radical (unpaired) electrons. The van der Waals surface area contributed by atoms with E-state index in [1.807, 2.05) is 19.1 Å². The number of benzene rings is 1. The Kier molecular flexibility index (Phi) is 2.98. The number of aromatic amines is 1. The van der Waals surface area contributed by atoms with Gasteiger partial charge in [0.25, 0.3) is 0 Å². The second-order valence-corrected chi connectivity index (χ2v) is 4.78. The molecule has 3 aromatic rings. The van der Waals surface area contributed by atoms with Crippen molar-refractivity contribution in [3.05, 3.63) is 46.8 Å². The van der Waals surface area contributed by atoms with Crippen molar-refractivity contribution in [2.45, 2.75) is 19.4 Å². The van der Waals surface area contributed by atoms with E-state index in [4.69, 9.17) is 14.6 Å². The smallest absolute Gasteiger partial charge is 0.417 e. The molecule has 0 aliphatic carbocycles. The molecule has 3 rings (SSSR count). The minimum Gasteiger partial charge on any atom is -0.469 e. The van der Waals surface area contributed by atoms with E-state index in [9.17, 15) is 4.79 Å². The Morgan fingerprint density at radius 1 is 1.45 bits per heavy atom. The first-order chi connectivity index (χ1) is 9.61. The summed E-state index contributed by atoms with van der Waals surface area (Å²) in [7, 11) is 0. The van der Waals surface area contributed by atoms with Crippen LogP contribution in [0.4, 0.5) is 11.4 Å². The highest BCUT2D eigenvalue weighted by Gasteiger charge is 2.10. The van der Waals surface area contributed by atoms with E-state index >= 15 is 0 Å². The van der Waals surface area contributed by atoms with Gasteiger partial charge < -0.3 is 19.9 Å². The molecule has 0 bridgehead atoms. The van der Waals surface area contributed by atoms with Crippen molar-refractivity contribution in [1.29, 1.82) is 0 Å². The summed E-state index contributed by atoms with van der Waals surface area (Å²) < 4.78 is 10.3. The minimum atomic E-state index is -0.486. The largest absolute Gasteiger partial charge is 0.469 e. The third-order valence-corrected chi connectivity index (χ3v) is 3.08. The fraction of sp³-hybridized carbons (Fsp3) is 0.214. The summed E-state index contributed by atoms with van der Waals surface area (Å²) in [6.07, 6.45) is 2.39. The van der Waals surface area contributed by atoms with E-state index in [2.05, 4.69) is 10.3 Å². The second kappa shape index (κ2) is 4.80. The van der Waals surface area contributed by atoms with Gasteiger partial charge in [0.15, 0.2) is 5.58 Å². The highest BCUT2D eigenvalue weighted by atomic mass is 16.4. The summed E-state index contributed by atoms with van der Waals surface area (Å²) >= 11 is 0. The Labute approximate surface area is 114 Å². The van der Waals surface area contributed by atoms with E-state index in [1.54, 1.807) is 18.4 Å². The van der Waals surface area contributed by atoms with Crippen LogP contribution in [-0.4, -0.2) is 11.0 Å². The normalized spacial score (nSPS) is 12.7. The molecule has 0 saturated heterocycles. The minimum absolute atomic E-state index is 0.138. The first kappa shape index (κ1) is 12.4. The molecule has 0 aliphatic heterocycles. The number of anilines is 2. The molecule has 0 fully saturated rings. The molecule has 20 heavy (non-hydrogen) atoms. The van der Waals surface area contributed by atoms with E-state index < -0.39 is 5.76 Å². The maximum atomic E-state index is 11.1. The SMILES string of the molecule is CC(Cc1ccco1)Nc1cc2[nH]c(=O)oc2cc1N. The first-order valence-corrected chi connectivity index (χ1v) is 6.33. The molecule has 6 nitrogen and oxygen atoms in total. The van der Waals surface area contributed by atoms with Crippen LogP contribution < -0.4 is 16.8 Å². The lowest BCUT2D eigenvalue weighted by atomic mass is 10.1. The predicted molar refractivity (Wildman–Crippen MR) is 76.7 cm³/mol. The van der Waals surface area contributed by atoms with Crippen LogP contribution in [-0.2, 0) is 6.42 Å². The van der Waals surface area contributed by atoms with Crippen LogP contribution in [0, 0.1) is 0 Å². The molecule has 0 spiro atoms. The number of nitrogen functional groups attached to an aromatic ring is 1. The molecular weight excluding hydrogens is 258 g/mol. The zero-order valence-electron chi connectivity index (χ0n) is 11.0. The number of hydrogen-bond acceptors (Lipinski definition) is 5. The summed E-state index contributed by atoms with van der Waals surface area (Å²) in [5.41, 5.74) is 8.32. The average molecular weight is 273 g/mol. The van der Waals surface area contributed by atoms with Crippen molar-refractivity contribution >= 4 is 22.5 Å². The van der Waals surface area contributed by atoms with Crippen LogP contribution >= 0.6 is 0 Å². The molecule has 1 unspecified atom stereocenters. The van der Waals surface area contributed by atoms with Gasteiger partial charge in [-0.3, -0.25) is 4.98 Å². The molecule has 1 atom stereocenters. The van der Waals surface area contributed by atoms with E-state index in [0.29, 0.717) is 16.8 Å². The Balaban J connectivity index is 1.82. The second-order valence-electron chi connectivity index (χ2n) is 4.78. The van der Waals surface area contributed by atoms with Crippen LogP contribution in [0.1, 0.15) is 12.7 Å². The lowest BCUT2D eigenvalue weighted by Crippen LogP contribution is -2.18. The van der Waals surface area contributed by atoms with Crippen molar-refractivity contribution in [3.8, 4) is 0 Å². The third-order valence-electron chi connectivity index (χ3n) is 3.08. The summed E-state index contributed by atoms with van der Waals surface area (Å²) in [6, 6.07) is 7.33. The highest BCUT2D eigenvalue weighted by molar-refractivity contribution is 5.85. The van der Waals surface area contributed by atoms with Crippen LogP contribution in [0.5, 0.6) is 0 Å². The lowest BCUT2D eigenvalue weighted by Gasteiger charge is -2.15. The van der Waals surface area contributed by atoms with Gasteiger partial charge in [-0.15, -0.1) is 0 Å². The summed E-state index contributed by atoms with van der Waals surface area (Å²) in [4.78, 5) is 13.8. The zero-order valence-corrected chi connectivity index (χ0v) is 11.0. The maximum absolute atomic E-state index is 11.1. The number of nitrogens with one attached hydrogen (secondary N) is 2. The Morgan fingerprint density at radius 3 is 3.05 bits per heavy atom. The summed E-state index contributed by atoms with van der Waals surface area (Å²) in [6.45, 7) is 2.03. The van der Waals surface area contributed by atoms with Gasteiger partial charge in [-0.1, -0.05) is 0 Å². The number of fused-ring (bicyclic) bond motifs is 1. The van der Waals surface area contributed by atoms with E-state index in [1.165, 1.54) is 0 Å². The van der Waals surface area contributed by atoms with Crippen LogP contribution in [0.15, 0.2) is 44.2 Å². The number of oxazole rings is 1. The molecule has 6 heteroatoms. The van der Waals surface area contributed by atoms with Crippen molar-refractivity contribution in [1.82, 2.24) is 4.98 Å². The summed E-state index contributed by atoms with van der Waals surface area (Å²) in [5, 5.41) is 3.30. The number of furan rings is 1. The Bertz CT molecular complexity index is 771. The maximum Gasteiger partial charge on any atom is 0.417 e. The lowest BCUT2D eigenvalue weighted by molar-refractivity contribution is 0.498. The molecule has 1 aromatic carbocycles.